The Bertz CT molecular complexity index is 909. The highest BCUT2D eigenvalue weighted by Crippen LogP contribution is 2.28. The molecule has 3 unspecified atom stereocenters. The van der Waals surface area contributed by atoms with E-state index < -0.39 is 0 Å². The Hall–Kier alpha value is -1.43. The van der Waals surface area contributed by atoms with E-state index in [0.717, 1.165) is 36.1 Å². The fourth-order valence-corrected chi connectivity index (χ4v) is 4.49. The molecular formula is C30H41Cl2NO3. The molecule has 0 heterocycles. The maximum Gasteiger partial charge on any atom is 0.158 e. The number of Topliss-reactive ketones (excluding diaryl/α,β-unsaturated/α-hetero) is 1. The molecule has 4 rings (SSSR count). The molecule has 2 aliphatic carbocycles. The number of carbonyl (C=O) groups is 1. The van der Waals surface area contributed by atoms with Crippen molar-refractivity contribution in [3.63, 3.8) is 0 Å². The largest absolute Gasteiger partial charge is 0.376 e. The average Bonchev–Trinajstić information content (AvgIpc) is 2.78. The number of ketones is 1. The molecule has 0 aliphatic heterocycles. The minimum atomic E-state index is -0.313. The van der Waals surface area contributed by atoms with Crippen LogP contribution in [0.25, 0.3) is 0 Å². The molecule has 0 bridgehead atoms. The van der Waals surface area contributed by atoms with E-state index in [2.05, 4.69) is 0 Å². The van der Waals surface area contributed by atoms with Crippen LogP contribution in [0.4, 0.5) is 0 Å². The molecule has 2 fully saturated rings. The normalized spacial score (nSPS) is 18.2. The fraction of sp³-hybridized carbons (Fsp3) is 0.567. The molecule has 0 spiro atoms. The summed E-state index contributed by atoms with van der Waals surface area (Å²) < 4.78 is 11.7. The number of hydrogen-bond donors (Lipinski definition) is 1. The molecule has 4 nitrogen and oxygen atoms in total. The van der Waals surface area contributed by atoms with Crippen molar-refractivity contribution < 1.29 is 14.3 Å². The smallest absolute Gasteiger partial charge is 0.158 e. The second-order valence-corrected chi connectivity index (χ2v) is 11.3. The van der Waals surface area contributed by atoms with Crippen LogP contribution in [0.15, 0.2) is 48.5 Å². The Morgan fingerprint density at radius 1 is 0.833 bits per heavy atom. The number of nitrogens with two attached hydrogens (primary N) is 1. The lowest BCUT2D eigenvalue weighted by Crippen LogP contribution is -2.37. The first kappa shape index (κ1) is 29.1. The summed E-state index contributed by atoms with van der Waals surface area (Å²) in [6.07, 6.45) is 9.06. The van der Waals surface area contributed by atoms with Crippen molar-refractivity contribution in [2.75, 3.05) is 13.2 Å². The van der Waals surface area contributed by atoms with E-state index in [1.54, 1.807) is 6.92 Å². The van der Waals surface area contributed by atoms with E-state index in [0.29, 0.717) is 17.4 Å². The molecule has 2 aliphatic rings. The van der Waals surface area contributed by atoms with Gasteiger partial charge >= 0.3 is 0 Å². The zero-order valence-corrected chi connectivity index (χ0v) is 23.1. The van der Waals surface area contributed by atoms with Crippen LogP contribution in [-0.4, -0.2) is 37.2 Å². The fourth-order valence-electron chi connectivity index (χ4n) is 4.23. The molecule has 0 amide bonds. The third kappa shape index (κ3) is 10.1. The van der Waals surface area contributed by atoms with Gasteiger partial charge in [0.2, 0.25) is 0 Å². The number of rotatable bonds is 12. The van der Waals surface area contributed by atoms with Gasteiger partial charge in [-0.25, -0.2) is 0 Å². The second-order valence-electron chi connectivity index (χ2n) is 10.4. The molecule has 36 heavy (non-hydrogen) atoms. The Balaban J connectivity index is 0.000000201. The van der Waals surface area contributed by atoms with Crippen LogP contribution in [-0.2, 0) is 27.1 Å². The van der Waals surface area contributed by atoms with E-state index in [9.17, 15) is 4.79 Å². The van der Waals surface area contributed by atoms with Gasteiger partial charge in [0.1, 0.15) is 6.10 Å². The van der Waals surface area contributed by atoms with Gasteiger partial charge in [0.25, 0.3) is 0 Å². The maximum atomic E-state index is 11.6. The summed E-state index contributed by atoms with van der Waals surface area (Å²) in [5.41, 5.74) is 8.33. The number of benzene rings is 2. The van der Waals surface area contributed by atoms with Crippen molar-refractivity contribution in [3.8, 4) is 0 Å². The Kier molecular flexibility index (Phi) is 12.2. The molecule has 2 aromatic rings. The van der Waals surface area contributed by atoms with Crippen LogP contribution in [0.5, 0.6) is 0 Å². The lowest BCUT2D eigenvalue weighted by Gasteiger charge is -2.29. The summed E-state index contributed by atoms with van der Waals surface area (Å²) in [7, 11) is 0. The predicted molar refractivity (Wildman–Crippen MR) is 149 cm³/mol. The third-order valence-electron chi connectivity index (χ3n) is 7.25. The lowest BCUT2D eigenvalue weighted by molar-refractivity contribution is -0.129. The van der Waals surface area contributed by atoms with Gasteiger partial charge < -0.3 is 15.2 Å². The van der Waals surface area contributed by atoms with Crippen molar-refractivity contribution in [3.05, 3.63) is 69.7 Å². The first-order valence-electron chi connectivity index (χ1n) is 13.3. The second kappa shape index (κ2) is 15.1. The van der Waals surface area contributed by atoms with Gasteiger partial charge in [-0.1, -0.05) is 60.3 Å². The van der Waals surface area contributed by atoms with Gasteiger partial charge in [-0.05, 0) is 86.8 Å². The van der Waals surface area contributed by atoms with Gasteiger partial charge in [-0.3, -0.25) is 4.79 Å². The van der Waals surface area contributed by atoms with E-state index >= 15 is 0 Å². The molecule has 2 aromatic carbocycles. The number of halogens is 2. The van der Waals surface area contributed by atoms with E-state index in [4.69, 9.17) is 38.4 Å². The molecule has 2 saturated carbocycles. The molecule has 198 valence electrons. The summed E-state index contributed by atoms with van der Waals surface area (Å²) in [6, 6.07) is 15.6. The van der Waals surface area contributed by atoms with Crippen molar-refractivity contribution >= 4 is 29.0 Å². The van der Waals surface area contributed by atoms with Crippen LogP contribution in [0.3, 0.4) is 0 Å². The Morgan fingerprint density at radius 3 is 1.67 bits per heavy atom. The minimum Gasteiger partial charge on any atom is -0.376 e. The van der Waals surface area contributed by atoms with E-state index in [-0.39, 0.29) is 24.0 Å². The number of carbonyl (C=O) groups excluding carboxylic acids is 1. The topological polar surface area (TPSA) is 61.5 Å². The molecule has 0 radical (unpaired) electrons. The Labute approximate surface area is 226 Å². The van der Waals surface area contributed by atoms with Crippen LogP contribution in [0.2, 0.25) is 10.0 Å². The zero-order chi connectivity index (χ0) is 25.9. The van der Waals surface area contributed by atoms with Crippen LogP contribution in [0.1, 0.15) is 63.5 Å². The highest BCUT2D eigenvalue weighted by Gasteiger charge is 2.23. The van der Waals surface area contributed by atoms with Gasteiger partial charge in [0.05, 0.1) is 12.7 Å². The average molecular weight is 535 g/mol. The molecular weight excluding hydrogens is 493 g/mol. The van der Waals surface area contributed by atoms with E-state index in [1.807, 2.05) is 55.5 Å². The van der Waals surface area contributed by atoms with Gasteiger partial charge in [-0.15, -0.1) is 0 Å². The van der Waals surface area contributed by atoms with Gasteiger partial charge in [0.15, 0.2) is 5.78 Å². The van der Waals surface area contributed by atoms with Crippen LogP contribution >= 0.6 is 23.2 Å². The highest BCUT2D eigenvalue weighted by molar-refractivity contribution is 6.30. The summed E-state index contributed by atoms with van der Waals surface area (Å²) >= 11 is 11.7. The van der Waals surface area contributed by atoms with E-state index in [1.165, 1.54) is 44.1 Å². The minimum absolute atomic E-state index is 0.0563. The highest BCUT2D eigenvalue weighted by atomic mass is 35.5. The molecule has 3 atom stereocenters. The first-order valence-corrected chi connectivity index (χ1v) is 14.0. The van der Waals surface area contributed by atoms with Gasteiger partial charge in [0, 0.05) is 35.5 Å². The molecule has 0 saturated heterocycles. The lowest BCUT2D eigenvalue weighted by atomic mass is 9.86. The Morgan fingerprint density at radius 2 is 1.28 bits per heavy atom. The third-order valence-corrected chi connectivity index (χ3v) is 7.76. The van der Waals surface area contributed by atoms with Crippen LogP contribution < -0.4 is 5.73 Å². The number of hydrogen-bond acceptors (Lipinski definition) is 4. The first-order chi connectivity index (χ1) is 17.3. The standard InChI is InChI=1S/C15H22ClNO.C15H19ClO2/c2*1-11(17)15(18-10-13-3-2-4-13)9-12-5-7-14(16)8-6-12/h5-8,11,13,15H,2-4,9-10,17H2,1H3;5-8,13,15H,2-4,9-10H2,1H3. The zero-order valence-electron chi connectivity index (χ0n) is 21.6. The van der Waals surface area contributed by atoms with Crippen molar-refractivity contribution in [1.29, 1.82) is 0 Å². The summed E-state index contributed by atoms with van der Waals surface area (Å²) in [5.74, 6) is 1.53. The summed E-state index contributed by atoms with van der Waals surface area (Å²) in [6.45, 7) is 5.19. The molecule has 6 heteroatoms. The van der Waals surface area contributed by atoms with Gasteiger partial charge in [-0.2, -0.15) is 0 Å². The summed E-state index contributed by atoms with van der Waals surface area (Å²) in [4.78, 5) is 11.6. The maximum absolute atomic E-state index is 11.6. The molecule has 0 aromatic heterocycles. The predicted octanol–water partition coefficient (Wildman–Crippen LogP) is 7.07. The van der Waals surface area contributed by atoms with Crippen molar-refractivity contribution in [2.24, 2.45) is 17.6 Å². The SMILES string of the molecule is CC(=O)C(Cc1ccc(Cl)cc1)OCC1CCC1.CC(N)C(Cc1ccc(Cl)cc1)OCC1CCC1. The van der Waals surface area contributed by atoms with Crippen molar-refractivity contribution in [2.45, 2.75) is 83.5 Å². The number of ether oxygens (including phenoxy) is 2. The van der Waals surface area contributed by atoms with Crippen LogP contribution in [0, 0.1) is 11.8 Å². The monoisotopic (exact) mass is 533 g/mol. The summed E-state index contributed by atoms with van der Waals surface area (Å²) in [5, 5.41) is 1.49. The van der Waals surface area contributed by atoms with Crippen molar-refractivity contribution in [1.82, 2.24) is 0 Å². The quantitative estimate of drug-likeness (QED) is 0.316. The molecule has 2 N–H and O–H groups in total.